The van der Waals surface area contributed by atoms with Crippen molar-refractivity contribution < 1.29 is 9.90 Å². The number of carbonyl (C=O) groups is 1. The van der Waals surface area contributed by atoms with Crippen LogP contribution in [-0.2, 0) is 0 Å². The Bertz CT molecular complexity index is 521. The molecule has 1 N–H and O–H groups in total. The van der Waals surface area contributed by atoms with Gasteiger partial charge in [-0.15, -0.1) is 0 Å². The SMILES string of the molecule is O=C(O)c1cccc(-c2ccccc2)c1I. The van der Waals surface area contributed by atoms with Gasteiger partial charge in [-0.1, -0.05) is 42.5 Å². The zero-order valence-electron chi connectivity index (χ0n) is 8.35. The van der Waals surface area contributed by atoms with Crippen molar-refractivity contribution in [2.75, 3.05) is 0 Å². The third-order valence-electron chi connectivity index (χ3n) is 2.31. The second-order valence-electron chi connectivity index (χ2n) is 3.34. The predicted octanol–water partition coefficient (Wildman–Crippen LogP) is 3.66. The average Bonchev–Trinajstić information content (AvgIpc) is 2.30. The van der Waals surface area contributed by atoms with Crippen LogP contribution in [0.15, 0.2) is 48.5 Å². The Morgan fingerprint density at radius 2 is 1.69 bits per heavy atom. The Hall–Kier alpha value is -1.36. The molecular formula is C13H9IO2. The smallest absolute Gasteiger partial charge is 0.336 e. The van der Waals surface area contributed by atoms with E-state index in [4.69, 9.17) is 5.11 Å². The van der Waals surface area contributed by atoms with E-state index in [1.165, 1.54) is 0 Å². The molecule has 0 aliphatic heterocycles. The van der Waals surface area contributed by atoms with Crippen LogP contribution in [0, 0.1) is 3.57 Å². The summed E-state index contributed by atoms with van der Waals surface area (Å²) >= 11 is 2.08. The summed E-state index contributed by atoms with van der Waals surface area (Å²) in [5, 5.41) is 9.03. The van der Waals surface area contributed by atoms with Gasteiger partial charge in [-0.2, -0.15) is 0 Å². The average molecular weight is 324 g/mol. The molecule has 2 rings (SSSR count). The van der Waals surface area contributed by atoms with Gasteiger partial charge in [-0.25, -0.2) is 4.79 Å². The van der Waals surface area contributed by atoms with Crippen LogP contribution in [0.4, 0.5) is 0 Å². The Morgan fingerprint density at radius 1 is 1.00 bits per heavy atom. The first-order valence-electron chi connectivity index (χ1n) is 4.77. The van der Waals surface area contributed by atoms with Crippen LogP contribution in [0.1, 0.15) is 10.4 Å². The largest absolute Gasteiger partial charge is 0.478 e. The lowest BCUT2D eigenvalue weighted by Crippen LogP contribution is -2.00. The second kappa shape index (κ2) is 4.65. The van der Waals surface area contributed by atoms with Crippen LogP contribution in [0.3, 0.4) is 0 Å². The maximum atomic E-state index is 11.0. The molecule has 0 heterocycles. The van der Waals surface area contributed by atoms with E-state index < -0.39 is 5.97 Å². The standard InChI is InChI=1S/C13H9IO2/c14-12-10(9-5-2-1-3-6-9)7-4-8-11(12)13(15)16/h1-8H,(H,15,16). The molecule has 0 atom stereocenters. The molecule has 16 heavy (non-hydrogen) atoms. The normalized spacial score (nSPS) is 10.1. The fourth-order valence-electron chi connectivity index (χ4n) is 1.54. The number of benzene rings is 2. The summed E-state index contributed by atoms with van der Waals surface area (Å²) in [6.45, 7) is 0. The predicted molar refractivity (Wildman–Crippen MR) is 71.6 cm³/mol. The molecule has 0 unspecified atom stereocenters. The van der Waals surface area contributed by atoms with Gasteiger partial charge in [0.2, 0.25) is 0 Å². The molecule has 0 aliphatic carbocycles. The summed E-state index contributed by atoms with van der Waals surface area (Å²) in [5.41, 5.74) is 2.35. The summed E-state index contributed by atoms with van der Waals surface area (Å²) in [6, 6.07) is 15.1. The first kappa shape index (κ1) is 11.1. The number of carboxylic acid groups (broad SMARTS) is 1. The summed E-state index contributed by atoms with van der Waals surface area (Å²) in [4.78, 5) is 11.0. The molecule has 2 aromatic carbocycles. The van der Waals surface area contributed by atoms with Crippen molar-refractivity contribution in [1.29, 1.82) is 0 Å². The summed E-state index contributed by atoms with van der Waals surface area (Å²) in [7, 11) is 0. The summed E-state index contributed by atoms with van der Waals surface area (Å²) in [5.74, 6) is -0.887. The Kier molecular flexibility index (Phi) is 3.24. The van der Waals surface area contributed by atoms with Gasteiger partial charge >= 0.3 is 5.97 Å². The van der Waals surface area contributed by atoms with Gasteiger partial charge in [-0.3, -0.25) is 0 Å². The molecule has 3 heteroatoms. The zero-order chi connectivity index (χ0) is 11.5. The Labute approximate surface area is 107 Å². The van der Waals surface area contributed by atoms with E-state index in [9.17, 15) is 4.79 Å². The lowest BCUT2D eigenvalue weighted by atomic mass is 10.0. The van der Waals surface area contributed by atoms with Crippen molar-refractivity contribution in [1.82, 2.24) is 0 Å². The van der Waals surface area contributed by atoms with Crippen LogP contribution < -0.4 is 0 Å². The monoisotopic (exact) mass is 324 g/mol. The maximum absolute atomic E-state index is 11.0. The quantitative estimate of drug-likeness (QED) is 0.856. The molecule has 0 aromatic heterocycles. The summed E-state index contributed by atoms with van der Waals surface area (Å²) < 4.78 is 0.777. The van der Waals surface area contributed by atoms with Gasteiger partial charge in [-0.05, 0) is 39.8 Å². The van der Waals surface area contributed by atoms with Crippen molar-refractivity contribution in [2.45, 2.75) is 0 Å². The molecule has 2 aromatic rings. The number of halogens is 1. The van der Waals surface area contributed by atoms with Crippen molar-refractivity contribution in [3.05, 3.63) is 57.7 Å². The van der Waals surface area contributed by atoms with Crippen LogP contribution in [0.2, 0.25) is 0 Å². The molecule has 2 nitrogen and oxygen atoms in total. The molecule has 0 spiro atoms. The first-order chi connectivity index (χ1) is 7.70. The van der Waals surface area contributed by atoms with Crippen molar-refractivity contribution in [3.8, 4) is 11.1 Å². The molecule has 80 valence electrons. The minimum absolute atomic E-state index is 0.349. The molecule has 0 bridgehead atoms. The van der Waals surface area contributed by atoms with E-state index in [1.807, 2.05) is 36.4 Å². The Balaban J connectivity index is 2.59. The number of aromatic carboxylic acids is 1. The lowest BCUT2D eigenvalue weighted by molar-refractivity contribution is 0.0696. The van der Waals surface area contributed by atoms with E-state index in [0.717, 1.165) is 14.7 Å². The van der Waals surface area contributed by atoms with Crippen LogP contribution in [0.5, 0.6) is 0 Å². The van der Waals surface area contributed by atoms with Gasteiger partial charge in [0.25, 0.3) is 0 Å². The zero-order valence-corrected chi connectivity index (χ0v) is 10.5. The topological polar surface area (TPSA) is 37.3 Å². The minimum Gasteiger partial charge on any atom is -0.478 e. The van der Waals surface area contributed by atoms with Crippen molar-refractivity contribution >= 4 is 28.6 Å². The first-order valence-corrected chi connectivity index (χ1v) is 5.85. The highest BCUT2D eigenvalue weighted by Crippen LogP contribution is 2.27. The summed E-state index contributed by atoms with van der Waals surface area (Å²) in [6.07, 6.45) is 0. The lowest BCUT2D eigenvalue weighted by Gasteiger charge is -2.07. The molecular weight excluding hydrogens is 315 g/mol. The molecule has 0 saturated carbocycles. The van der Waals surface area contributed by atoms with E-state index in [-0.39, 0.29) is 0 Å². The number of hydrogen-bond acceptors (Lipinski definition) is 1. The molecule has 0 aliphatic rings. The number of carboxylic acids is 1. The van der Waals surface area contributed by atoms with Crippen LogP contribution >= 0.6 is 22.6 Å². The third kappa shape index (κ3) is 2.09. The fraction of sp³-hybridized carbons (Fsp3) is 0. The Morgan fingerprint density at radius 3 is 2.31 bits per heavy atom. The highest BCUT2D eigenvalue weighted by atomic mass is 127. The van der Waals surface area contributed by atoms with Crippen molar-refractivity contribution in [2.24, 2.45) is 0 Å². The molecule has 0 fully saturated rings. The fourth-order valence-corrected chi connectivity index (χ4v) is 2.44. The van der Waals surface area contributed by atoms with Crippen LogP contribution in [0.25, 0.3) is 11.1 Å². The molecule has 0 radical (unpaired) electrons. The highest BCUT2D eigenvalue weighted by molar-refractivity contribution is 14.1. The van der Waals surface area contributed by atoms with E-state index in [2.05, 4.69) is 22.6 Å². The third-order valence-corrected chi connectivity index (χ3v) is 3.48. The van der Waals surface area contributed by atoms with Crippen molar-refractivity contribution in [3.63, 3.8) is 0 Å². The highest BCUT2D eigenvalue weighted by Gasteiger charge is 2.11. The van der Waals surface area contributed by atoms with Gasteiger partial charge < -0.3 is 5.11 Å². The van der Waals surface area contributed by atoms with Gasteiger partial charge in [0.15, 0.2) is 0 Å². The van der Waals surface area contributed by atoms with E-state index >= 15 is 0 Å². The molecule has 0 saturated heterocycles. The number of rotatable bonds is 2. The van der Waals surface area contributed by atoms with E-state index in [0.29, 0.717) is 5.56 Å². The van der Waals surface area contributed by atoms with Gasteiger partial charge in [0.05, 0.1) is 5.56 Å². The molecule has 0 amide bonds. The van der Waals surface area contributed by atoms with Gasteiger partial charge in [0.1, 0.15) is 0 Å². The van der Waals surface area contributed by atoms with Crippen LogP contribution in [-0.4, -0.2) is 11.1 Å². The van der Waals surface area contributed by atoms with E-state index in [1.54, 1.807) is 12.1 Å². The van der Waals surface area contributed by atoms with Gasteiger partial charge in [0, 0.05) is 3.57 Å². The second-order valence-corrected chi connectivity index (χ2v) is 4.42. The number of hydrogen-bond donors (Lipinski definition) is 1. The minimum atomic E-state index is -0.887. The maximum Gasteiger partial charge on any atom is 0.336 e.